The highest BCUT2D eigenvalue weighted by Gasteiger charge is 2.31. The Morgan fingerprint density at radius 1 is 1.28 bits per heavy atom. The average molecular weight is 291 g/mol. The molecule has 6 heteroatoms. The van der Waals surface area contributed by atoms with Gasteiger partial charge in [-0.1, -0.05) is 17.7 Å². The normalized spacial score (nSPS) is 20.7. The number of hydrogen-bond acceptors (Lipinski definition) is 3. The number of halogens is 1. The molecular weight excluding hydrogens is 272 g/mol. The molecule has 102 valence electrons. The topological polar surface area (TPSA) is 49.4 Å². The van der Waals surface area contributed by atoms with Crippen LogP contribution in [0.4, 0.5) is 0 Å². The van der Waals surface area contributed by atoms with Crippen LogP contribution in [0.15, 0.2) is 29.2 Å². The van der Waals surface area contributed by atoms with Gasteiger partial charge in [-0.3, -0.25) is 0 Å². The summed E-state index contributed by atoms with van der Waals surface area (Å²) in [6, 6.07) is 7.29. The SMILES string of the molecule is CNC1CCN(S(=O)(=O)c2ccc(C)cc2)C1.Cl. The summed E-state index contributed by atoms with van der Waals surface area (Å²) in [5, 5.41) is 3.12. The van der Waals surface area contributed by atoms with Gasteiger partial charge in [0, 0.05) is 19.1 Å². The second-order valence-electron chi connectivity index (χ2n) is 4.45. The zero-order valence-corrected chi connectivity index (χ0v) is 12.2. The predicted molar refractivity (Wildman–Crippen MR) is 74.7 cm³/mol. The van der Waals surface area contributed by atoms with Gasteiger partial charge in [0.25, 0.3) is 0 Å². The largest absolute Gasteiger partial charge is 0.316 e. The Hall–Kier alpha value is -0.620. The monoisotopic (exact) mass is 290 g/mol. The number of nitrogens with zero attached hydrogens (tertiary/aromatic N) is 1. The molecule has 1 fully saturated rings. The second-order valence-corrected chi connectivity index (χ2v) is 6.39. The standard InChI is InChI=1S/C12H18N2O2S.ClH/c1-10-3-5-12(6-4-10)17(15,16)14-8-7-11(9-14)13-2;/h3-6,11,13H,7-9H2,1-2H3;1H. The highest BCUT2D eigenvalue weighted by molar-refractivity contribution is 7.89. The molecule has 1 aliphatic rings. The van der Waals surface area contributed by atoms with Crippen molar-refractivity contribution in [2.45, 2.75) is 24.3 Å². The predicted octanol–water partition coefficient (Wildman–Crippen LogP) is 1.40. The minimum atomic E-state index is -3.31. The van der Waals surface area contributed by atoms with Crippen LogP contribution in [-0.2, 0) is 10.0 Å². The van der Waals surface area contributed by atoms with Gasteiger partial charge in [0.2, 0.25) is 10.0 Å². The van der Waals surface area contributed by atoms with E-state index >= 15 is 0 Å². The van der Waals surface area contributed by atoms with Crippen molar-refractivity contribution >= 4 is 22.4 Å². The Balaban J connectivity index is 0.00000162. The van der Waals surface area contributed by atoms with Crippen molar-refractivity contribution in [3.8, 4) is 0 Å². The number of likely N-dealkylation sites (N-methyl/N-ethyl adjacent to an activating group) is 1. The summed E-state index contributed by atoms with van der Waals surface area (Å²) in [6.45, 7) is 3.11. The smallest absolute Gasteiger partial charge is 0.243 e. The van der Waals surface area contributed by atoms with Gasteiger partial charge in [-0.2, -0.15) is 4.31 Å². The number of nitrogens with one attached hydrogen (secondary N) is 1. The second kappa shape index (κ2) is 6.02. The zero-order valence-electron chi connectivity index (χ0n) is 10.6. The van der Waals surface area contributed by atoms with Crippen LogP contribution in [0.2, 0.25) is 0 Å². The zero-order chi connectivity index (χ0) is 12.5. The van der Waals surface area contributed by atoms with Gasteiger partial charge in [-0.15, -0.1) is 12.4 Å². The van der Waals surface area contributed by atoms with Crippen LogP contribution >= 0.6 is 12.4 Å². The number of aryl methyl sites for hydroxylation is 1. The van der Waals surface area contributed by atoms with E-state index in [9.17, 15) is 8.42 Å². The lowest BCUT2D eigenvalue weighted by Gasteiger charge is -2.16. The van der Waals surface area contributed by atoms with Crippen LogP contribution in [0.3, 0.4) is 0 Å². The summed E-state index contributed by atoms with van der Waals surface area (Å²) in [7, 11) is -1.44. The number of hydrogen-bond donors (Lipinski definition) is 1. The maximum Gasteiger partial charge on any atom is 0.243 e. The minimum absolute atomic E-state index is 0. The highest BCUT2D eigenvalue weighted by atomic mass is 35.5. The summed E-state index contributed by atoms with van der Waals surface area (Å²) in [5.41, 5.74) is 1.07. The molecule has 0 radical (unpaired) electrons. The van der Waals surface area contributed by atoms with E-state index in [0.29, 0.717) is 18.0 Å². The van der Waals surface area contributed by atoms with Gasteiger partial charge in [0.1, 0.15) is 0 Å². The maximum atomic E-state index is 12.3. The van der Waals surface area contributed by atoms with Crippen molar-refractivity contribution in [1.82, 2.24) is 9.62 Å². The molecule has 0 aliphatic carbocycles. The molecule has 1 aromatic rings. The summed E-state index contributed by atoms with van der Waals surface area (Å²) < 4.78 is 26.2. The molecule has 2 rings (SSSR count). The maximum absolute atomic E-state index is 12.3. The number of sulfonamides is 1. The van der Waals surface area contributed by atoms with Crippen molar-refractivity contribution in [1.29, 1.82) is 0 Å². The Morgan fingerprint density at radius 3 is 2.39 bits per heavy atom. The van der Waals surface area contributed by atoms with E-state index < -0.39 is 10.0 Å². The quantitative estimate of drug-likeness (QED) is 0.915. The number of rotatable bonds is 3. The lowest BCUT2D eigenvalue weighted by molar-refractivity contribution is 0.464. The molecule has 0 bridgehead atoms. The summed E-state index contributed by atoms with van der Waals surface area (Å²) in [5.74, 6) is 0. The third-order valence-electron chi connectivity index (χ3n) is 3.22. The fourth-order valence-corrected chi connectivity index (χ4v) is 3.54. The molecular formula is C12H19ClN2O2S. The molecule has 18 heavy (non-hydrogen) atoms. The first-order valence-electron chi connectivity index (χ1n) is 5.78. The molecule has 1 heterocycles. The van der Waals surface area contributed by atoms with Crippen molar-refractivity contribution in [3.63, 3.8) is 0 Å². The average Bonchev–Trinajstić information content (AvgIpc) is 2.78. The van der Waals surface area contributed by atoms with Crippen molar-refractivity contribution in [2.75, 3.05) is 20.1 Å². The summed E-state index contributed by atoms with van der Waals surface area (Å²) in [6.07, 6.45) is 0.877. The molecule has 1 unspecified atom stereocenters. The van der Waals surface area contributed by atoms with Gasteiger partial charge < -0.3 is 5.32 Å². The fourth-order valence-electron chi connectivity index (χ4n) is 2.04. The summed E-state index contributed by atoms with van der Waals surface area (Å²) >= 11 is 0. The van der Waals surface area contributed by atoms with Gasteiger partial charge in [0.15, 0.2) is 0 Å². The Bertz CT molecular complexity index is 487. The lowest BCUT2D eigenvalue weighted by Crippen LogP contribution is -2.33. The van der Waals surface area contributed by atoms with Gasteiger partial charge in [-0.25, -0.2) is 8.42 Å². The van der Waals surface area contributed by atoms with Crippen molar-refractivity contribution < 1.29 is 8.42 Å². The molecule has 1 saturated heterocycles. The summed E-state index contributed by atoms with van der Waals surface area (Å²) in [4.78, 5) is 0.389. The Morgan fingerprint density at radius 2 is 1.89 bits per heavy atom. The molecule has 1 N–H and O–H groups in total. The highest BCUT2D eigenvalue weighted by Crippen LogP contribution is 2.21. The van der Waals surface area contributed by atoms with E-state index in [1.807, 2.05) is 26.1 Å². The minimum Gasteiger partial charge on any atom is -0.316 e. The molecule has 0 saturated carbocycles. The third-order valence-corrected chi connectivity index (χ3v) is 5.10. The molecule has 1 aromatic carbocycles. The van der Waals surface area contributed by atoms with Crippen LogP contribution in [-0.4, -0.2) is 38.9 Å². The van der Waals surface area contributed by atoms with Crippen molar-refractivity contribution in [3.05, 3.63) is 29.8 Å². The van der Waals surface area contributed by atoms with E-state index in [1.165, 1.54) is 0 Å². The van der Waals surface area contributed by atoms with E-state index in [4.69, 9.17) is 0 Å². The first-order valence-corrected chi connectivity index (χ1v) is 7.22. The Labute approximate surface area is 115 Å². The molecule has 1 atom stereocenters. The van der Waals surface area contributed by atoms with E-state index in [0.717, 1.165) is 12.0 Å². The van der Waals surface area contributed by atoms with Crippen molar-refractivity contribution in [2.24, 2.45) is 0 Å². The van der Waals surface area contributed by atoms with Gasteiger partial charge in [0.05, 0.1) is 4.90 Å². The van der Waals surface area contributed by atoms with E-state index in [-0.39, 0.29) is 18.4 Å². The molecule has 0 aromatic heterocycles. The van der Waals surface area contributed by atoms with Crippen LogP contribution in [0, 0.1) is 6.92 Å². The fraction of sp³-hybridized carbons (Fsp3) is 0.500. The molecule has 0 amide bonds. The van der Waals surface area contributed by atoms with Crippen LogP contribution in [0.1, 0.15) is 12.0 Å². The Kier molecular flexibility index (Phi) is 5.16. The van der Waals surface area contributed by atoms with E-state index in [1.54, 1.807) is 16.4 Å². The van der Waals surface area contributed by atoms with Crippen LogP contribution < -0.4 is 5.32 Å². The molecule has 0 spiro atoms. The van der Waals surface area contributed by atoms with Crippen LogP contribution in [0.25, 0.3) is 0 Å². The van der Waals surface area contributed by atoms with Gasteiger partial charge >= 0.3 is 0 Å². The first-order chi connectivity index (χ1) is 8.04. The lowest BCUT2D eigenvalue weighted by atomic mass is 10.2. The van der Waals surface area contributed by atoms with Gasteiger partial charge in [-0.05, 0) is 32.5 Å². The first kappa shape index (κ1) is 15.4. The molecule has 4 nitrogen and oxygen atoms in total. The molecule has 1 aliphatic heterocycles. The third kappa shape index (κ3) is 3.03. The number of benzene rings is 1. The van der Waals surface area contributed by atoms with Crippen LogP contribution in [0.5, 0.6) is 0 Å². The van der Waals surface area contributed by atoms with E-state index in [2.05, 4.69) is 5.32 Å².